The van der Waals surface area contributed by atoms with Gasteiger partial charge in [0.15, 0.2) is 0 Å². The summed E-state index contributed by atoms with van der Waals surface area (Å²) in [5.41, 5.74) is 7.44. The van der Waals surface area contributed by atoms with E-state index in [1.54, 1.807) is 0 Å². The van der Waals surface area contributed by atoms with Crippen LogP contribution in [0.4, 0.5) is 0 Å². The summed E-state index contributed by atoms with van der Waals surface area (Å²) in [5, 5.41) is 6.17. The molecule has 0 heterocycles. The summed E-state index contributed by atoms with van der Waals surface area (Å²) < 4.78 is 0. The summed E-state index contributed by atoms with van der Waals surface area (Å²) in [4.78, 5) is 0. The number of hydrogen-bond donors (Lipinski definition) is 2. The number of nitrogens with one attached hydrogen (secondary N) is 1. The van der Waals surface area contributed by atoms with Gasteiger partial charge in [0, 0.05) is 12.1 Å². The Morgan fingerprint density at radius 3 is 2.40 bits per heavy atom. The molecule has 0 saturated heterocycles. The lowest BCUT2D eigenvalue weighted by molar-refractivity contribution is 0.263. The van der Waals surface area contributed by atoms with Gasteiger partial charge in [0.25, 0.3) is 0 Å². The fourth-order valence-electron chi connectivity index (χ4n) is 3.55. The molecule has 106 valence electrons. The van der Waals surface area contributed by atoms with Crippen molar-refractivity contribution in [3.05, 3.63) is 48.0 Å². The van der Waals surface area contributed by atoms with Gasteiger partial charge in [-0.25, -0.2) is 0 Å². The Bertz CT molecular complexity index is 570. The van der Waals surface area contributed by atoms with Gasteiger partial charge in [0.2, 0.25) is 0 Å². The molecule has 1 saturated carbocycles. The minimum atomic E-state index is 0.417. The molecule has 0 bridgehead atoms. The van der Waals surface area contributed by atoms with E-state index in [1.807, 2.05) is 0 Å². The van der Waals surface area contributed by atoms with Crippen LogP contribution < -0.4 is 11.1 Å². The maximum atomic E-state index is 6.03. The van der Waals surface area contributed by atoms with E-state index in [2.05, 4.69) is 54.8 Å². The first kappa shape index (κ1) is 13.6. The van der Waals surface area contributed by atoms with Gasteiger partial charge >= 0.3 is 0 Å². The molecule has 1 atom stereocenters. The Morgan fingerprint density at radius 1 is 1.00 bits per heavy atom. The zero-order valence-electron chi connectivity index (χ0n) is 12.2. The third-order valence-corrected chi connectivity index (χ3v) is 4.73. The van der Waals surface area contributed by atoms with Gasteiger partial charge in [-0.05, 0) is 61.1 Å². The van der Waals surface area contributed by atoms with Crippen molar-refractivity contribution in [1.82, 2.24) is 5.32 Å². The first-order chi connectivity index (χ1) is 9.78. The second-order valence-electron chi connectivity index (χ2n) is 6.05. The molecule has 2 aromatic rings. The minimum absolute atomic E-state index is 0.417. The van der Waals surface area contributed by atoms with Gasteiger partial charge < -0.3 is 11.1 Å². The second kappa shape index (κ2) is 5.94. The molecule has 2 aromatic carbocycles. The largest absolute Gasteiger partial charge is 0.328 e. The molecule has 0 aliphatic heterocycles. The number of nitrogens with two attached hydrogens (primary N) is 1. The first-order valence-corrected chi connectivity index (χ1v) is 7.69. The van der Waals surface area contributed by atoms with Crippen LogP contribution in [0.2, 0.25) is 0 Å². The van der Waals surface area contributed by atoms with Gasteiger partial charge in [-0.2, -0.15) is 0 Å². The lowest BCUT2D eigenvalue weighted by Crippen LogP contribution is -2.33. The van der Waals surface area contributed by atoms with Crippen molar-refractivity contribution < 1.29 is 0 Å². The van der Waals surface area contributed by atoms with Crippen molar-refractivity contribution in [1.29, 1.82) is 0 Å². The topological polar surface area (TPSA) is 38.0 Å². The Balaban J connectivity index is 1.87. The van der Waals surface area contributed by atoms with Crippen molar-refractivity contribution in [3.63, 3.8) is 0 Å². The molecule has 0 radical (unpaired) electrons. The third-order valence-electron chi connectivity index (χ3n) is 4.73. The SMILES string of the molecule is CNC(c1ccc2ccccc2c1)C1CCC(N)CC1. The molecule has 1 fully saturated rings. The predicted octanol–water partition coefficient (Wildman–Crippen LogP) is 3.62. The summed E-state index contributed by atoms with van der Waals surface area (Å²) >= 11 is 0. The Hall–Kier alpha value is -1.38. The highest BCUT2D eigenvalue weighted by Crippen LogP contribution is 2.34. The minimum Gasteiger partial charge on any atom is -0.328 e. The van der Waals surface area contributed by atoms with Gasteiger partial charge in [0.1, 0.15) is 0 Å². The zero-order chi connectivity index (χ0) is 13.9. The Morgan fingerprint density at radius 2 is 1.70 bits per heavy atom. The van der Waals surface area contributed by atoms with Gasteiger partial charge in [-0.3, -0.25) is 0 Å². The van der Waals surface area contributed by atoms with E-state index in [0.717, 1.165) is 12.8 Å². The molecule has 1 aliphatic carbocycles. The molecule has 1 aliphatic rings. The summed E-state index contributed by atoms with van der Waals surface area (Å²) in [6.45, 7) is 0. The molecule has 20 heavy (non-hydrogen) atoms. The maximum absolute atomic E-state index is 6.03. The number of fused-ring (bicyclic) bond motifs is 1. The summed E-state index contributed by atoms with van der Waals surface area (Å²) in [6.07, 6.45) is 4.80. The lowest BCUT2D eigenvalue weighted by atomic mass is 9.79. The normalized spacial score (nSPS) is 24.7. The summed E-state index contributed by atoms with van der Waals surface area (Å²) in [6, 6.07) is 16.3. The van der Waals surface area contributed by atoms with E-state index in [0.29, 0.717) is 18.0 Å². The number of benzene rings is 2. The maximum Gasteiger partial charge on any atom is 0.0346 e. The molecule has 0 aromatic heterocycles. The van der Waals surface area contributed by atoms with Crippen LogP contribution in [0.1, 0.15) is 37.3 Å². The zero-order valence-corrected chi connectivity index (χ0v) is 12.2. The van der Waals surface area contributed by atoms with Crippen molar-refractivity contribution in [2.45, 2.75) is 37.8 Å². The average molecular weight is 268 g/mol. The molecule has 2 heteroatoms. The standard InChI is InChI=1S/C18H24N2/c1-20-18(14-8-10-17(19)11-9-14)16-7-6-13-4-2-3-5-15(13)12-16/h2-7,12,14,17-18,20H,8-11,19H2,1H3. The van der Waals surface area contributed by atoms with E-state index in [-0.39, 0.29) is 0 Å². The van der Waals surface area contributed by atoms with Crippen LogP contribution >= 0.6 is 0 Å². The van der Waals surface area contributed by atoms with Crippen LogP contribution in [0.15, 0.2) is 42.5 Å². The summed E-state index contributed by atoms with van der Waals surface area (Å²) in [5.74, 6) is 0.709. The molecule has 0 spiro atoms. The van der Waals surface area contributed by atoms with Gasteiger partial charge in [-0.1, -0.05) is 36.4 Å². The van der Waals surface area contributed by atoms with E-state index < -0.39 is 0 Å². The molecule has 3 N–H and O–H groups in total. The smallest absolute Gasteiger partial charge is 0.0346 e. The quantitative estimate of drug-likeness (QED) is 0.892. The molecule has 1 unspecified atom stereocenters. The fourth-order valence-corrected chi connectivity index (χ4v) is 3.55. The first-order valence-electron chi connectivity index (χ1n) is 7.69. The molecular weight excluding hydrogens is 244 g/mol. The van der Waals surface area contributed by atoms with Crippen molar-refractivity contribution >= 4 is 10.8 Å². The van der Waals surface area contributed by atoms with Gasteiger partial charge in [0.05, 0.1) is 0 Å². The average Bonchev–Trinajstić information content (AvgIpc) is 2.50. The van der Waals surface area contributed by atoms with Crippen LogP contribution in [0.5, 0.6) is 0 Å². The number of hydrogen-bond acceptors (Lipinski definition) is 2. The highest BCUT2D eigenvalue weighted by molar-refractivity contribution is 5.83. The van der Waals surface area contributed by atoms with E-state index in [4.69, 9.17) is 5.73 Å². The van der Waals surface area contributed by atoms with Crippen LogP contribution in [-0.2, 0) is 0 Å². The molecular formula is C18H24N2. The van der Waals surface area contributed by atoms with E-state index in [9.17, 15) is 0 Å². The van der Waals surface area contributed by atoms with Crippen molar-refractivity contribution in [2.24, 2.45) is 11.7 Å². The molecule has 2 nitrogen and oxygen atoms in total. The lowest BCUT2D eigenvalue weighted by Gasteiger charge is -2.33. The predicted molar refractivity (Wildman–Crippen MR) is 85.7 cm³/mol. The van der Waals surface area contributed by atoms with Crippen molar-refractivity contribution in [2.75, 3.05) is 7.05 Å². The van der Waals surface area contributed by atoms with Crippen LogP contribution in [0.3, 0.4) is 0 Å². The molecule has 3 rings (SSSR count). The monoisotopic (exact) mass is 268 g/mol. The van der Waals surface area contributed by atoms with Crippen LogP contribution in [0.25, 0.3) is 10.8 Å². The van der Waals surface area contributed by atoms with Gasteiger partial charge in [-0.15, -0.1) is 0 Å². The highest BCUT2D eigenvalue weighted by Gasteiger charge is 2.26. The Kier molecular flexibility index (Phi) is 4.04. The summed E-state index contributed by atoms with van der Waals surface area (Å²) in [7, 11) is 2.08. The van der Waals surface area contributed by atoms with Crippen LogP contribution in [0, 0.1) is 5.92 Å². The van der Waals surface area contributed by atoms with Crippen molar-refractivity contribution in [3.8, 4) is 0 Å². The Labute approximate surface area is 121 Å². The third kappa shape index (κ3) is 2.72. The second-order valence-corrected chi connectivity index (χ2v) is 6.05. The highest BCUT2D eigenvalue weighted by atomic mass is 14.9. The number of rotatable bonds is 3. The van der Waals surface area contributed by atoms with Crippen LogP contribution in [-0.4, -0.2) is 13.1 Å². The van der Waals surface area contributed by atoms with E-state index in [1.165, 1.54) is 29.2 Å². The molecule has 0 amide bonds. The fraction of sp³-hybridized carbons (Fsp3) is 0.444. The van der Waals surface area contributed by atoms with E-state index >= 15 is 0 Å².